The van der Waals surface area contributed by atoms with Crippen LogP contribution < -0.4 is 5.56 Å². The lowest BCUT2D eigenvalue weighted by Gasteiger charge is -2.04. The van der Waals surface area contributed by atoms with E-state index in [1.54, 1.807) is 13.1 Å². The number of aryl methyl sites for hydroxylation is 1. The summed E-state index contributed by atoms with van der Waals surface area (Å²) < 4.78 is 1.51. The first-order chi connectivity index (χ1) is 6.61. The fourth-order valence-electron chi connectivity index (χ4n) is 1.36. The van der Waals surface area contributed by atoms with Gasteiger partial charge in [-0.05, 0) is 25.5 Å². The van der Waals surface area contributed by atoms with Crippen molar-refractivity contribution in [1.82, 2.24) is 9.38 Å². The average molecular weight is 209 g/mol. The van der Waals surface area contributed by atoms with Gasteiger partial charge in [0.1, 0.15) is 10.8 Å². The van der Waals surface area contributed by atoms with Gasteiger partial charge in [0.05, 0.1) is 5.56 Å². The molecule has 0 aliphatic rings. The Hall–Kier alpha value is -1.35. The fourth-order valence-corrected chi connectivity index (χ4v) is 1.52. The lowest BCUT2D eigenvalue weighted by Crippen LogP contribution is -2.18. The van der Waals surface area contributed by atoms with Gasteiger partial charge >= 0.3 is 0 Å². The first-order valence-electron chi connectivity index (χ1n) is 4.25. The summed E-state index contributed by atoms with van der Waals surface area (Å²) in [4.78, 5) is 15.9. The minimum Gasteiger partial charge on any atom is -0.269 e. The smallest absolute Gasteiger partial charge is 0.262 e. The Kier molecular flexibility index (Phi) is 2.04. The Labute approximate surface area is 86.0 Å². The Balaban J connectivity index is 3.06. The third-order valence-electron chi connectivity index (χ3n) is 2.22. The first kappa shape index (κ1) is 9.21. The van der Waals surface area contributed by atoms with Crippen molar-refractivity contribution in [2.75, 3.05) is 0 Å². The van der Waals surface area contributed by atoms with Gasteiger partial charge in [-0.25, -0.2) is 4.98 Å². The summed E-state index contributed by atoms with van der Waals surface area (Å²) in [5, 5.41) is 0.282. The molecule has 0 bridgehead atoms. The Morgan fingerprint density at radius 3 is 2.86 bits per heavy atom. The SMILES string of the molecule is Cc1c(Cl)nc2c(C)cccn2c1=O. The zero-order chi connectivity index (χ0) is 10.3. The summed E-state index contributed by atoms with van der Waals surface area (Å²) in [5.74, 6) is 0. The number of hydrogen-bond donors (Lipinski definition) is 0. The van der Waals surface area contributed by atoms with Gasteiger partial charge in [0, 0.05) is 6.20 Å². The number of pyridine rings is 1. The van der Waals surface area contributed by atoms with Crippen molar-refractivity contribution in [1.29, 1.82) is 0 Å². The van der Waals surface area contributed by atoms with Gasteiger partial charge in [-0.15, -0.1) is 0 Å². The van der Waals surface area contributed by atoms with Gasteiger partial charge in [-0.1, -0.05) is 17.7 Å². The van der Waals surface area contributed by atoms with Crippen molar-refractivity contribution in [3.05, 3.63) is 45.0 Å². The van der Waals surface area contributed by atoms with Gasteiger partial charge < -0.3 is 0 Å². The second kappa shape index (κ2) is 3.10. The third kappa shape index (κ3) is 1.21. The molecule has 0 aliphatic heterocycles. The van der Waals surface area contributed by atoms with Crippen LogP contribution in [-0.4, -0.2) is 9.38 Å². The summed E-state index contributed by atoms with van der Waals surface area (Å²) in [6.45, 7) is 3.57. The highest BCUT2D eigenvalue weighted by atomic mass is 35.5. The normalized spacial score (nSPS) is 10.8. The number of rotatable bonds is 0. The molecule has 2 heterocycles. The minimum atomic E-state index is -0.108. The van der Waals surface area contributed by atoms with E-state index >= 15 is 0 Å². The summed E-state index contributed by atoms with van der Waals surface area (Å²) in [6, 6.07) is 3.71. The summed E-state index contributed by atoms with van der Waals surface area (Å²) in [6.07, 6.45) is 1.70. The third-order valence-corrected chi connectivity index (χ3v) is 2.58. The van der Waals surface area contributed by atoms with E-state index in [9.17, 15) is 4.79 Å². The van der Waals surface area contributed by atoms with E-state index in [0.29, 0.717) is 11.2 Å². The van der Waals surface area contributed by atoms with Crippen LogP contribution in [0.15, 0.2) is 23.1 Å². The standard InChI is InChI=1S/C10H9ClN2O/c1-6-4-3-5-13-9(6)12-8(11)7(2)10(13)14/h3-5H,1-2H3. The Morgan fingerprint density at radius 1 is 1.43 bits per heavy atom. The molecular weight excluding hydrogens is 200 g/mol. The fraction of sp³-hybridized carbons (Fsp3) is 0.200. The van der Waals surface area contributed by atoms with Gasteiger partial charge in [0.15, 0.2) is 0 Å². The zero-order valence-electron chi connectivity index (χ0n) is 7.91. The molecule has 2 aromatic rings. The van der Waals surface area contributed by atoms with E-state index in [1.807, 2.05) is 19.1 Å². The predicted octanol–water partition coefficient (Wildman–Crippen LogP) is 1.96. The number of hydrogen-bond acceptors (Lipinski definition) is 2. The Morgan fingerprint density at radius 2 is 2.14 bits per heavy atom. The van der Waals surface area contributed by atoms with Crippen LogP contribution in [0.4, 0.5) is 0 Å². The van der Waals surface area contributed by atoms with E-state index in [4.69, 9.17) is 11.6 Å². The highest BCUT2D eigenvalue weighted by Crippen LogP contribution is 2.11. The monoisotopic (exact) mass is 208 g/mol. The van der Waals surface area contributed by atoms with Crippen LogP contribution in [-0.2, 0) is 0 Å². The molecule has 14 heavy (non-hydrogen) atoms. The molecule has 0 aliphatic carbocycles. The van der Waals surface area contributed by atoms with Crippen LogP contribution in [0.3, 0.4) is 0 Å². The van der Waals surface area contributed by atoms with Crippen molar-refractivity contribution in [2.45, 2.75) is 13.8 Å². The van der Waals surface area contributed by atoms with Crippen LogP contribution >= 0.6 is 11.6 Å². The molecule has 72 valence electrons. The van der Waals surface area contributed by atoms with Crippen LogP contribution in [0, 0.1) is 13.8 Å². The number of fused-ring (bicyclic) bond motifs is 1. The predicted molar refractivity (Wildman–Crippen MR) is 55.9 cm³/mol. The lowest BCUT2D eigenvalue weighted by atomic mass is 10.3. The lowest BCUT2D eigenvalue weighted by molar-refractivity contribution is 1.00. The summed E-state index contributed by atoms with van der Waals surface area (Å²) in [7, 11) is 0. The molecule has 0 unspecified atom stereocenters. The molecule has 0 atom stereocenters. The molecule has 2 aromatic heterocycles. The van der Waals surface area contributed by atoms with Crippen LogP contribution in [0.5, 0.6) is 0 Å². The van der Waals surface area contributed by atoms with Gasteiger partial charge in [0.2, 0.25) is 0 Å². The molecule has 0 fully saturated rings. The maximum absolute atomic E-state index is 11.7. The molecule has 0 radical (unpaired) electrons. The van der Waals surface area contributed by atoms with Gasteiger partial charge in [-0.3, -0.25) is 9.20 Å². The number of nitrogens with zero attached hydrogens (tertiary/aromatic N) is 2. The topological polar surface area (TPSA) is 34.4 Å². The average Bonchev–Trinajstić information content (AvgIpc) is 2.17. The molecule has 0 spiro atoms. The molecule has 4 heteroatoms. The highest BCUT2D eigenvalue weighted by Gasteiger charge is 2.07. The molecule has 3 nitrogen and oxygen atoms in total. The quantitative estimate of drug-likeness (QED) is 0.621. The van der Waals surface area contributed by atoms with Gasteiger partial charge in [0.25, 0.3) is 5.56 Å². The number of halogens is 1. The molecule has 0 N–H and O–H groups in total. The van der Waals surface area contributed by atoms with Crippen LogP contribution in [0.25, 0.3) is 5.65 Å². The summed E-state index contributed by atoms with van der Waals surface area (Å²) in [5.41, 5.74) is 1.93. The van der Waals surface area contributed by atoms with Crippen molar-refractivity contribution in [3.8, 4) is 0 Å². The first-order valence-corrected chi connectivity index (χ1v) is 4.63. The minimum absolute atomic E-state index is 0.108. The highest BCUT2D eigenvalue weighted by molar-refractivity contribution is 6.30. The molecule has 0 saturated carbocycles. The molecule has 0 aromatic carbocycles. The second-order valence-corrected chi connectivity index (χ2v) is 3.58. The van der Waals surface area contributed by atoms with Gasteiger partial charge in [-0.2, -0.15) is 0 Å². The zero-order valence-corrected chi connectivity index (χ0v) is 8.67. The Bertz CT molecular complexity index is 560. The van der Waals surface area contributed by atoms with E-state index in [0.717, 1.165) is 5.56 Å². The van der Waals surface area contributed by atoms with Crippen molar-refractivity contribution >= 4 is 17.2 Å². The van der Waals surface area contributed by atoms with Crippen LogP contribution in [0.1, 0.15) is 11.1 Å². The maximum Gasteiger partial charge on any atom is 0.262 e. The van der Waals surface area contributed by atoms with E-state index in [2.05, 4.69) is 4.98 Å². The molecular formula is C10H9ClN2O. The van der Waals surface area contributed by atoms with Crippen LogP contribution in [0.2, 0.25) is 5.15 Å². The van der Waals surface area contributed by atoms with Crippen molar-refractivity contribution in [2.24, 2.45) is 0 Å². The maximum atomic E-state index is 11.7. The van der Waals surface area contributed by atoms with Crippen molar-refractivity contribution < 1.29 is 0 Å². The van der Waals surface area contributed by atoms with Crippen molar-refractivity contribution in [3.63, 3.8) is 0 Å². The number of aromatic nitrogens is 2. The molecule has 0 saturated heterocycles. The summed E-state index contributed by atoms with van der Waals surface area (Å²) >= 11 is 5.84. The molecule has 0 amide bonds. The van der Waals surface area contributed by atoms with E-state index < -0.39 is 0 Å². The van der Waals surface area contributed by atoms with E-state index in [1.165, 1.54) is 4.40 Å². The second-order valence-electron chi connectivity index (χ2n) is 3.22. The molecule has 2 rings (SSSR count). The van der Waals surface area contributed by atoms with E-state index in [-0.39, 0.29) is 10.7 Å². The largest absolute Gasteiger partial charge is 0.269 e.